The summed E-state index contributed by atoms with van der Waals surface area (Å²) in [5.74, 6) is 0. The van der Waals surface area contributed by atoms with Crippen molar-refractivity contribution < 1.29 is 0 Å². The third-order valence-corrected chi connectivity index (χ3v) is 7.55. The van der Waals surface area contributed by atoms with Crippen LogP contribution in [0.3, 0.4) is 0 Å². The molecule has 7 rings (SSSR count). The average molecular weight is 486 g/mol. The van der Waals surface area contributed by atoms with Gasteiger partial charge in [-0.2, -0.15) is 0 Å². The molecule has 1 unspecified atom stereocenters. The summed E-state index contributed by atoms with van der Waals surface area (Å²) >= 11 is 0. The number of rotatable bonds is 4. The Hall–Kier alpha value is -4.88. The van der Waals surface area contributed by atoms with E-state index in [1.807, 2.05) is 0 Å². The highest BCUT2D eigenvalue weighted by molar-refractivity contribution is 6.19. The molecular formula is C37H27N. The van der Waals surface area contributed by atoms with E-state index >= 15 is 0 Å². The SMILES string of the molecule is C1=CC(c2ccccc2)NC=C1c1c2ccccc2c(-c2ccc(-c3ccccc3)cc2)c2ccccc12. The van der Waals surface area contributed by atoms with Gasteiger partial charge in [-0.15, -0.1) is 0 Å². The highest BCUT2D eigenvalue weighted by Crippen LogP contribution is 2.43. The maximum Gasteiger partial charge on any atom is 0.0696 e. The molecule has 6 aromatic carbocycles. The Labute approximate surface area is 223 Å². The predicted molar refractivity (Wildman–Crippen MR) is 162 cm³/mol. The van der Waals surface area contributed by atoms with Gasteiger partial charge in [0.05, 0.1) is 6.04 Å². The minimum absolute atomic E-state index is 0.180. The van der Waals surface area contributed by atoms with Crippen LogP contribution < -0.4 is 5.32 Å². The van der Waals surface area contributed by atoms with Crippen molar-refractivity contribution >= 4 is 27.1 Å². The van der Waals surface area contributed by atoms with Gasteiger partial charge in [-0.1, -0.05) is 146 Å². The Kier molecular flexibility index (Phi) is 5.60. The molecule has 0 bridgehead atoms. The smallest absolute Gasteiger partial charge is 0.0696 e. The third kappa shape index (κ3) is 3.90. The number of allylic oxidation sites excluding steroid dienone is 2. The van der Waals surface area contributed by atoms with Crippen molar-refractivity contribution in [3.63, 3.8) is 0 Å². The van der Waals surface area contributed by atoms with Gasteiger partial charge in [0.1, 0.15) is 0 Å². The lowest BCUT2D eigenvalue weighted by Gasteiger charge is -2.22. The number of benzene rings is 6. The van der Waals surface area contributed by atoms with Crippen LogP contribution in [0.4, 0.5) is 0 Å². The molecule has 0 aliphatic carbocycles. The summed E-state index contributed by atoms with van der Waals surface area (Å²) in [6.07, 6.45) is 6.72. The number of hydrogen-bond donors (Lipinski definition) is 1. The van der Waals surface area contributed by atoms with Gasteiger partial charge in [0.2, 0.25) is 0 Å². The van der Waals surface area contributed by atoms with Crippen LogP contribution >= 0.6 is 0 Å². The summed E-state index contributed by atoms with van der Waals surface area (Å²) in [5, 5.41) is 8.71. The van der Waals surface area contributed by atoms with E-state index in [4.69, 9.17) is 0 Å². The van der Waals surface area contributed by atoms with E-state index in [0.29, 0.717) is 0 Å². The zero-order valence-corrected chi connectivity index (χ0v) is 21.0. The highest BCUT2D eigenvalue weighted by atomic mass is 14.9. The van der Waals surface area contributed by atoms with Gasteiger partial charge in [0, 0.05) is 6.20 Å². The molecule has 0 radical (unpaired) electrons. The van der Waals surface area contributed by atoms with Crippen LogP contribution in [0.25, 0.3) is 49.4 Å². The van der Waals surface area contributed by atoms with Gasteiger partial charge in [0.15, 0.2) is 0 Å². The van der Waals surface area contributed by atoms with E-state index in [1.54, 1.807) is 0 Å². The van der Waals surface area contributed by atoms with E-state index in [9.17, 15) is 0 Å². The second kappa shape index (κ2) is 9.53. The molecule has 0 fully saturated rings. The summed E-state index contributed by atoms with van der Waals surface area (Å²) in [5.41, 5.74) is 8.74. The van der Waals surface area contributed by atoms with Crippen LogP contribution in [0.15, 0.2) is 152 Å². The largest absolute Gasteiger partial charge is 0.380 e. The molecule has 1 aliphatic rings. The van der Waals surface area contributed by atoms with Gasteiger partial charge >= 0.3 is 0 Å². The number of hydrogen-bond acceptors (Lipinski definition) is 1. The first-order valence-electron chi connectivity index (χ1n) is 13.2. The molecule has 180 valence electrons. The second-order valence-electron chi connectivity index (χ2n) is 9.80. The summed E-state index contributed by atoms with van der Waals surface area (Å²) in [7, 11) is 0. The minimum atomic E-state index is 0.180. The van der Waals surface area contributed by atoms with E-state index in [0.717, 1.165) is 0 Å². The first-order valence-corrected chi connectivity index (χ1v) is 13.2. The molecule has 38 heavy (non-hydrogen) atoms. The maximum atomic E-state index is 3.63. The van der Waals surface area contributed by atoms with Gasteiger partial charge in [-0.05, 0) is 60.5 Å². The quantitative estimate of drug-likeness (QED) is 0.245. The molecule has 1 N–H and O–H groups in total. The average Bonchev–Trinajstić information content (AvgIpc) is 3.01. The zero-order chi connectivity index (χ0) is 25.3. The standard InChI is InChI=1S/C37H27N/c1-3-11-26(12-4-1)27-19-21-29(22-20-27)36-31-15-7-9-17-33(31)37(34-18-10-8-16-32(34)36)30-23-24-35(38-25-30)28-13-5-2-6-14-28/h1-25,35,38H. The molecule has 1 nitrogen and oxygen atoms in total. The van der Waals surface area contributed by atoms with E-state index in [1.165, 1.54) is 60.5 Å². The maximum absolute atomic E-state index is 3.63. The Bertz CT molecular complexity index is 1750. The van der Waals surface area contributed by atoms with Crippen molar-refractivity contribution in [1.29, 1.82) is 0 Å². The van der Waals surface area contributed by atoms with Gasteiger partial charge < -0.3 is 5.32 Å². The summed E-state index contributed by atoms with van der Waals surface area (Å²) < 4.78 is 0. The van der Waals surface area contributed by atoms with Crippen molar-refractivity contribution in [1.82, 2.24) is 5.32 Å². The molecule has 0 saturated carbocycles. The molecular weight excluding hydrogens is 458 g/mol. The first-order chi connectivity index (χ1) is 18.9. The molecule has 0 saturated heterocycles. The molecule has 6 aromatic rings. The normalized spacial score (nSPS) is 14.8. The lowest BCUT2D eigenvalue weighted by Crippen LogP contribution is -2.16. The fraction of sp³-hybridized carbons (Fsp3) is 0.0270. The lowest BCUT2D eigenvalue weighted by molar-refractivity contribution is 0.749. The van der Waals surface area contributed by atoms with Gasteiger partial charge in [-0.3, -0.25) is 0 Å². The zero-order valence-electron chi connectivity index (χ0n) is 21.0. The summed E-state index contributed by atoms with van der Waals surface area (Å²) in [6.45, 7) is 0. The summed E-state index contributed by atoms with van der Waals surface area (Å²) in [4.78, 5) is 0. The third-order valence-electron chi connectivity index (χ3n) is 7.55. The van der Waals surface area contributed by atoms with Crippen LogP contribution in [0.1, 0.15) is 17.2 Å². The molecule has 1 atom stereocenters. The topological polar surface area (TPSA) is 12.0 Å². The fourth-order valence-electron chi connectivity index (χ4n) is 5.72. The monoisotopic (exact) mass is 485 g/mol. The van der Waals surface area contributed by atoms with E-state index in [-0.39, 0.29) is 6.04 Å². The molecule has 0 amide bonds. The van der Waals surface area contributed by atoms with Gasteiger partial charge in [0.25, 0.3) is 0 Å². The molecule has 0 spiro atoms. The van der Waals surface area contributed by atoms with Gasteiger partial charge in [-0.25, -0.2) is 0 Å². The minimum Gasteiger partial charge on any atom is -0.380 e. The predicted octanol–water partition coefficient (Wildman–Crippen LogP) is 9.57. The van der Waals surface area contributed by atoms with Crippen LogP contribution in [-0.4, -0.2) is 0 Å². The van der Waals surface area contributed by atoms with E-state index in [2.05, 4.69) is 157 Å². The Morgan fingerprint density at radius 1 is 0.421 bits per heavy atom. The number of dihydropyridines is 1. The highest BCUT2D eigenvalue weighted by Gasteiger charge is 2.19. The van der Waals surface area contributed by atoms with Crippen LogP contribution in [0, 0.1) is 0 Å². The van der Waals surface area contributed by atoms with Crippen molar-refractivity contribution in [2.24, 2.45) is 0 Å². The van der Waals surface area contributed by atoms with Crippen LogP contribution in [-0.2, 0) is 0 Å². The second-order valence-corrected chi connectivity index (χ2v) is 9.80. The van der Waals surface area contributed by atoms with Crippen LogP contribution in [0.5, 0.6) is 0 Å². The lowest BCUT2D eigenvalue weighted by atomic mass is 9.85. The van der Waals surface area contributed by atoms with Crippen molar-refractivity contribution in [3.05, 3.63) is 163 Å². The van der Waals surface area contributed by atoms with Crippen molar-refractivity contribution in [2.45, 2.75) is 6.04 Å². The Balaban J connectivity index is 1.38. The van der Waals surface area contributed by atoms with Crippen molar-refractivity contribution in [3.8, 4) is 22.3 Å². The number of fused-ring (bicyclic) bond motifs is 2. The Morgan fingerprint density at radius 3 is 1.45 bits per heavy atom. The fourth-order valence-corrected chi connectivity index (χ4v) is 5.72. The number of nitrogens with one attached hydrogen (secondary N) is 1. The Morgan fingerprint density at radius 2 is 0.895 bits per heavy atom. The molecule has 1 heterocycles. The summed E-state index contributed by atoms with van der Waals surface area (Å²) in [6, 6.07) is 48.0. The molecule has 1 heteroatoms. The molecule has 0 aromatic heterocycles. The van der Waals surface area contributed by atoms with E-state index < -0.39 is 0 Å². The van der Waals surface area contributed by atoms with Crippen molar-refractivity contribution in [2.75, 3.05) is 0 Å². The first kappa shape index (κ1) is 22.3. The molecule has 1 aliphatic heterocycles. The van der Waals surface area contributed by atoms with Crippen LogP contribution in [0.2, 0.25) is 0 Å².